The van der Waals surface area contributed by atoms with Crippen molar-refractivity contribution in [3.8, 4) is 0 Å². The van der Waals surface area contributed by atoms with Gasteiger partial charge in [0.25, 0.3) is 0 Å². The molecule has 1 aliphatic rings. The van der Waals surface area contributed by atoms with Crippen LogP contribution < -0.4 is 15.6 Å². The summed E-state index contributed by atoms with van der Waals surface area (Å²) in [6.45, 7) is 1.79. The highest BCUT2D eigenvalue weighted by Crippen LogP contribution is 2.23. The summed E-state index contributed by atoms with van der Waals surface area (Å²) in [5.74, 6) is -0.269. The van der Waals surface area contributed by atoms with E-state index in [1.165, 1.54) is 12.3 Å². The number of rotatable bonds is 4. The van der Waals surface area contributed by atoms with Gasteiger partial charge in [-0.1, -0.05) is 24.3 Å². The number of nitrogens with zero attached hydrogens (tertiary/aromatic N) is 2. The van der Waals surface area contributed by atoms with Gasteiger partial charge in [0.05, 0.1) is 11.9 Å². The Morgan fingerprint density at radius 2 is 1.88 bits per heavy atom. The third-order valence-corrected chi connectivity index (χ3v) is 3.83. The first-order valence-electron chi connectivity index (χ1n) is 7.92. The molecule has 1 heterocycles. The number of hydrogen-bond donors (Lipinski definition) is 2. The predicted octanol–water partition coefficient (Wildman–Crippen LogP) is 3.58. The third-order valence-electron chi connectivity index (χ3n) is 3.83. The van der Waals surface area contributed by atoms with Crippen LogP contribution in [-0.4, -0.2) is 25.3 Å². The van der Waals surface area contributed by atoms with E-state index in [-0.39, 0.29) is 5.82 Å². The third kappa shape index (κ3) is 4.10. The number of hydrazone groups is 1. The first-order valence-corrected chi connectivity index (χ1v) is 7.92. The number of halogens is 1. The number of para-hydroxylation sites is 1. The van der Waals surface area contributed by atoms with Gasteiger partial charge in [-0.15, -0.1) is 0 Å². The lowest BCUT2D eigenvalue weighted by atomic mass is 10.2. The van der Waals surface area contributed by atoms with Crippen molar-refractivity contribution in [3.63, 3.8) is 0 Å². The molecule has 2 aromatic carbocycles. The average Bonchev–Trinajstić information content (AvgIpc) is 3.10. The Morgan fingerprint density at radius 3 is 2.58 bits per heavy atom. The molecule has 0 aromatic heterocycles. The van der Waals surface area contributed by atoms with Gasteiger partial charge in [0.2, 0.25) is 0 Å². The Bertz CT molecular complexity index is 727. The van der Waals surface area contributed by atoms with Crippen LogP contribution in [0.4, 0.5) is 20.6 Å². The molecule has 2 aromatic rings. The molecule has 0 saturated carbocycles. The molecule has 0 radical (unpaired) electrons. The van der Waals surface area contributed by atoms with Crippen LogP contribution >= 0.6 is 0 Å². The fraction of sp³-hybridized carbons (Fsp3) is 0.222. The largest absolute Gasteiger partial charge is 0.369 e. The molecule has 0 aliphatic carbocycles. The van der Waals surface area contributed by atoms with E-state index in [2.05, 4.69) is 15.8 Å². The van der Waals surface area contributed by atoms with E-state index in [4.69, 9.17) is 0 Å². The molecule has 6 heteroatoms. The first kappa shape index (κ1) is 16.0. The van der Waals surface area contributed by atoms with Crippen LogP contribution in [0.15, 0.2) is 53.6 Å². The zero-order valence-corrected chi connectivity index (χ0v) is 13.2. The second kappa shape index (κ2) is 7.59. The number of carbonyl (C=O) groups excluding carboxylic acids is 1. The van der Waals surface area contributed by atoms with Gasteiger partial charge in [-0.3, -0.25) is 0 Å². The Hall–Kier alpha value is -2.89. The van der Waals surface area contributed by atoms with E-state index in [0.29, 0.717) is 16.9 Å². The maximum absolute atomic E-state index is 14.2. The molecule has 3 rings (SSSR count). The van der Waals surface area contributed by atoms with Crippen molar-refractivity contribution in [3.05, 3.63) is 59.9 Å². The highest BCUT2D eigenvalue weighted by Gasteiger charge is 2.15. The molecule has 2 amide bonds. The maximum Gasteiger partial charge on any atom is 0.339 e. The lowest BCUT2D eigenvalue weighted by Gasteiger charge is -2.18. The van der Waals surface area contributed by atoms with Crippen molar-refractivity contribution >= 4 is 23.6 Å². The summed E-state index contributed by atoms with van der Waals surface area (Å²) in [6, 6.07) is 13.6. The molecule has 2 N–H and O–H groups in total. The van der Waals surface area contributed by atoms with Crippen LogP contribution in [0.25, 0.3) is 0 Å². The summed E-state index contributed by atoms with van der Waals surface area (Å²) in [6.07, 6.45) is 3.62. The van der Waals surface area contributed by atoms with Crippen LogP contribution in [0.3, 0.4) is 0 Å². The van der Waals surface area contributed by atoms with Gasteiger partial charge in [0.1, 0.15) is 5.82 Å². The lowest BCUT2D eigenvalue weighted by Crippen LogP contribution is -2.24. The van der Waals surface area contributed by atoms with E-state index in [1.54, 1.807) is 24.3 Å². The number of carbonyl (C=O) groups is 1. The fourth-order valence-electron chi connectivity index (χ4n) is 2.66. The summed E-state index contributed by atoms with van der Waals surface area (Å²) >= 11 is 0. The van der Waals surface area contributed by atoms with Crippen molar-refractivity contribution < 1.29 is 9.18 Å². The van der Waals surface area contributed by atoms with Crippen molar-refractivity contribution in [2.75, 3.05) is 23.3 Å². The molecule has 0 unspecified atom stereocenters. The highest BCUT2D eigenvalue weighted by atomic mass is 19.1. The summed E-state index contributed by atoms with van der Waals surface area (Å²) in [4.78, 5) is 13.7. The average molecular weight is 326 g/mol. The normalized spacial score (nSPS) is 14.1. The van der Waals surface area contributed by atoms with Gasteiger partial charge in [-0.2, -0.15) is 5.10 Å². The van der Waals surface area contributed by atoms with Gasteiger partial charge in [-0.05, 0) is 42.7 Å². The Morgan fingerprint density at radius 1 is 1.12 bits per heavy atom. The van der Waals surface area contributed by atoms with E-state index >= 15 is 0 Å². The molecule has 0 spiro atoms. The molecule has 24 heavy (non-hydrogen) atoms. The minimum absolute atomic E-state index is 0.269. The monoisotopic (exact) mass is 326 g/mol. The molecule has 0 bridgehead atoms. The SMILES string of the molecule is O=C(N/N=C/c1ccc(N2CCCC2)c(F)c1)Nc1ccccc1. The Kier molecular flexibility index (Phi) is 5.05. The lowest BCUT2D eigenvalue weighted by molar-refractivity contribution is 0.252. The van der Waals surface area contributed by atoms with Gasteiger partial charge in [-0.25, -0.2) is 14.6 Å². The van der Waals surface area contributed by atoms with E-state index in [1.807, 2.05) is 23.1 Å². The van der Waals surface area contributed by atoms with Crippen LogP contribution in [-0.2, 0) is 0 Å². The maximum atomic E-state index is 14.2. The molecule has 5 nitrogen and oxygen atoms in total. The second-order valence-electron chi connectivity index (χ2n) is 5.60. The fourth-order valence-corrected chi connectivity index (χ4v) is 2.66. The molecular formula is C18H19FN4O. The molecule has 1 aliphatic heterocycles. The number of anilines is 2. The second-order valence-corrected chi connectivity index (χ2v) is 5.60. The van der Waals surface area contributed by atoms with Crippen molar-refractivity contribution in [1.82, 2.24) is 5.43 Å². The number of benzene rings is 2. The molecule has 0 atom stereocenters. The van der Waals surface area contributed by atoms with E-state index < -0.39 is 6.03 Å². The minimum Gasteiger partial charge on any atom is -0.369 e. The smallest absolute Gasteiger partial charge is 0.339 e. The number of nitrogens with one attached hydrogen (secondary N) is 2. The van der Waals surface area contributed by atoms with Gasteiger partial charge >= 0.3 is 6.03 Å². The van der Waals surface area contributed by atoms with Crippen LogP contribution in [0.2, 0.25) is 0 Å². The van der Waals surface area contributed by atoms with Crippen LogP contribution in [0, 0.1) is 5.82 Å². The van der Waals surface area contributed by atoms with Crippen molar-refractivity contribution in [1.29, 1.82) is 0 Å². The van der Waals surface area contributed by atoms with E-state index in [9.17, 15) is 9.18 Å². The van der Waals surface area contributed by atoms with Crippen LogP contribution in [0.1, 0.15) is 18.4 Å². The standard InChI is InChI=1S/C18H19FN4O/c19-16-12-14(8-9-17(16)23-10-4-5-11-23)13-20-22-18(24)21-15-6-2-1-3-7-15/h1-3,6-9,12-13H,4-5,10-11H2,(H2,21,22,24)/b20-13+. The van der Waals surface area contributed by atoms with E-state index in [0.717, 1.165) is 25.9 Å². The highest BCUT2D eigenvalue weighted by molar-refractivity contribution is 5.90. The van der Waals surface area contributed by atoms with Gasteiger partial charge < -0.3 is 10.2 Å². The molecule has 1 saturated heterocycles. The Balaban J connectivity index is 1.56. The number of urea groups is 1. The van der Waals surface area contributed by atoms with Gasteiger partial charge in [0, 0.05) is 18.8 Å². The van der Waals surface area contributed by atoms with Crippen molar-refractivity contribution in [2.45, 2.75) is 12.8 Å². The Labute approximate surface area is 140 Å². The number of hydrogen-bond acceptors (Lipinski definition) is 3. The topological polar surface area (TPSA) is 56.7 Å². The molecule has 1 fully saturated rings. The zero-order valence-electron chi connectivity index (χ0n) is 13.2. The van der Waals surface area contributed by atoms with Crippen LogP contribution in [0.5, 0.6) is 0 Å². The minimum atomic E-state index is -0.452. The van der Waals surface area contributed by atoms with Gasteiger partial charge in [0.15, 0.2) is 0 Å². The summed E-state index contributed by atoms with van der Waals surface area (Å²) in [5, 5.41) is 6.48. The quantitative estimate of drug-likeness (QED) is 0.666. The molecular weight excluding hydrogens is 307 g/mol. The first-order chi connectivity index (χ1) is 11.7. The summed E-state index contributed by atoms with van der Waals surface area (Å²) in [7, 11) is 0. The van der Waals surface area contributed by atoms with Crippen molar-refractivity contribution in [2.24, 2.45) is 5.10 Å². The molecule has 124 valence electrons. The summed E-state index contributed by atoms with van der Waals surface area (Å²) in [5.41, 5.74) is 4.25. The summed E-state index contributed by atoms with van der Waals surface area (Å²) < 4.78 is 14.2. The number of amides is 2. The predicted molar refractivity (Wildman–Crippen MR) is 94.0 cm³/mol. The zero-order chi connectivity index (χ0) is 16.8.